The van der Waals surface area contributed by atoms with Gasteiger partial charge in [-0.3, -0.25) is 14.5 Å². The SMILES string of the molecule is CCc1ccc(O)cc1C12CCN(CC3CC3)C(C)C13CCC(N(C)C(=O)c1cccc(=O)n1C)C2CC3. The lowest BCUT2D eigenvalue weighted by molar-refractivity contribution is -0.0893. The monoisotopic (exact) mass is 517 g/mol. The molecule has 1 saturated heterocycles. The molecule has 2 aromatic rings. The largest absolute Gasteiger partial charge is 0.508 e. The molecule has 2 bridgehead atoms. The number of likely N-dealkylation sites (tertiary alicyclic amines) is 1. The molecule has 4 aliphatic rings. The number of pyridine rings is 1. The van der Waals surface area contributed by atoms with Crippen LogP contribution in [-0.4, -0.2) is 57.6 Å². The summed E-state index contributed by atoms with van der Waals surface area (Å²) in [6, 6.07) is 11.6. The van der Waals surface area contributed by atoms with E-state index in [9.17, 15) is 14.7 Å². The van der Waals surface area contributed by atoms with Crippen molar-refractivity contribution in [1.82, 2.24) is 14.4 Å². The first-order valence-electron chi connectivity index (χ1n) is 14.7. The molecule has 38 heavy (non-hydrogen) atoms. The number of carbonyl (C=O) groups is 1. The van der Waals surface area contributed by atoms with Gasteiger partial charge in [-0.2, -0.15) is 0 Å². The van der Waals surface area contributed by atoms with E-state index in [0.29, 0.717) is 23.4 Å². The van der Waals surface area contributed by atoms with E-state index in [-0.39, 0.29) is 28.3 Å². The molecule has 204 valence electrons. The van der Waals surface area contributed by atoms with Gasteiger partial charge in [0.25, 0.3) is 11.5 Å². The van der Waals surface area contributed by atoms with Crippen LogP contribution in [0.5, 0.6) is 5.75 Å². The number of hydrogen-bond donors (Lipinski definition) is 1. The third-order valence-corrected chi connectivity index (χ3v) is 11.3. The standard InChI is InChI=1S/C32H43N3O3/c1-5-23-11-12-24(36)19-26(23)32-17-18-35(20-22-9-10-22)21(2)31(32)15-13-25(32)27(14-16-31)34(4)30(38)28-7-6-8-29(37)33(28)3/h6-8,11-12,19,21-22,25,27,36H,5,9-10,13-18,20H2,1-4H3. The Morgan fingerprint density at radius 2 is 1.87 bits per heavy atom. The van der Waals surface area contributed by atoms with Crippen LogP contribution < -0.4 is 5.56 Å². The molecule has 0 spiro atoms. The van der Waals surface area contributed by atoms with Crippen LogP contribution in [0, 0.1) is 17.3 Å². The number of piperidine rings is 1. The quantitative estimate of drug-likeness (QED) is 0.602. The molecule has 1 N–H and O–H groups in total. The van der Waals surface area contributed by atoms with Crippen molar-refractivity contribution in [2.24, 2.45) is 24.3 Å². The molecule has 4 fully saturated rings. The van der Waals surface area contributed by atoms with Crippen LogP contribution in [0.15, 0.2) is 41.2 Å². The fraction of sp³-hybridized carbons (Fsp3) is 0.625. The van der Waals surface area contributed by atoms with Crippen molar-refractivity contribution in [2.75, 3.05) is 20.1 Å². The van der Waals surface area contributed by atoms with Gasteiger partial charge in [0.05, 0.1) is 0 Å². The van der Waals surface area contributed by atoms with Crippen LogP contribution in [0.25, 0.3) is 0 Å². The normalized spacial score (nSPS) is 32.7. The van der Waals surface area contributed by atoms with Gasteiger partial charge in [-0.1, -0.05) is 19.1 Å². The molecule has 1 aliphatic heterocycles. The Hall–Kier alpha value is -2.60. The first-order chi connectivity index (χ1) is 18.2. The Bertz CT molecular complexity index is 1300. The number of carbonyl (C=O) groups excluding carboxylic acids is 1. The van der Waals surface area contributed by atoms with Crippen LogP contribution in [0.2, 0.25) is 0 Å². The Morgan fingerprint density at radius 3 is 2.61 bits per heavy atom. The minimum Gasteiger partial charge on any atom is -0.508 e. The number of phenolic OH excluding ortho intramolecular Hbond substituents is 1. The lowest BCUT2D eigenvalue weighted by atomic mass is 9.46. The molecule has 5 atom stereocenters. The van der Waals surface area contributed by atoms with Crippen molar-refractivity contribution in [3.63, 3.8) is 0 Å². The maximum atomic E-state index is 13.8. The third-order valence-electron chi connectivity index (χ3n) is 11.3. The summed E-state index contributed by atoms with van der Waals surface area (Å²) in [5.74, 6) is 1.46. The Balaban J connectivity index is 1.44. The van der Waals surface area contributed by atoms with Gasteiger partial charge in [-0.25, -0.2) is 0 Å². The molecule has 1 amide bonds. The van der Waals surface area contributed by atoms with Crippen LogP contribution in [0.1, 0.15) is 80.4 Å². The average molecular weight is 518 g/mol. The first kappa shape index (κ1) is 25.7. The van der Waals surface area contributed by atoms with Gasteiger partial charge >= 0.3 is 0 Å². The number of aromatic hydroxyl groups is 1. The van der Waals surface area contributed by atoms with E-state index < -0.39 is 0 Å². The molecular weight excluding hydrogens is 474 g/mol. The van der Waals surface area contributed by atoms with Gasteiger partial charge in [0.15, 0.2) is 0 Å². The second-order valence-corrected chi connectivity index (χ2v) is 12.7. The number of amides is 1. The van der Waals surface area contributed by atoms with E-state index in [0.717, 1.165) is 44.6 Å². The van der Waals surface area contributed by atoms with E-state index in [1.54, 1.807) is 19.2 Å². The van der Waals surface area contributed by atoms with Gasteiger partial charge in [-0.05, 0) is 111 Å². The Kier molecular flexibility index (Phi) is 6.25. The molecule has 2 heterocycles. The van der Waals surface area contributed by atoms with Crippen LogP contribution in [0.3, 0.4) is 0 Å². The smallest absolute Gasteiger partial charge is 0.270 e. The second-order valence-electron chi connectivity index (χ2n) is 12.7. The second kappa shape index (κ2) is 9.25. The maximum absolute atomic E-state index is 13.8. The van der Waals surface area contributed by atoms with E-state index in [1.165, 1.54) is 47.6 Å². The van der Waals surface area contributed by atoms with Crippen molar-refractivity contribution in [3.8, 4) is 5.75 Å². The van der Waals surface area contributed by atoms with Crippen molar-refractivity contribution in [1.29, 1.82) is 0 Å². The molecule has 6 heteroatoms. The topological polar surface area (TPSA) is 65.8 Å². The number of hydrogen-bond acceptors (Lipinski definition) is 4. The van der Waals surface area contributed by atoms with Gasteiger partial charge in [0.1, 0.15) is 11.4 Å². The zero-order chi connectivity index (χ0) is 26.8. The van der Waals surface area contributed by atoms with Crippen LogP contribution >= 0.6 is 0 Å². The van der Waals surface area contributed by atoms with Crippen molar-refractivity contribution in [2.45, 2.75) is 82.7 Å². The van der Waals surface area contributed by atoms with E-state index >= 15 is 0 Å². The van der Waals surface area contributed by atoms with Crippen LogP contribution in [-0.2, 0) is 18.9 Å². The summed E-state index contributed by atoms with van der Waals surface area (Å²) in [7, 11) is 3.63. The highest BCUT2D eigenvalue weighted by Gasteiger charge is 2.69. The molecule has 3 aliphatic carbocycles. The summed E-state index contributed by atoms with van der Waals surface area (Å²) in [5, 5.41) is 10.7. The number of phenols is 1. The molecule has 3 saturated carbocycles. The zero-order valence-electron chi connectivity index (χ0n) is 23.4. The molecular formula is C32H43N3O3. The Labute approximate surface area is 226 Å². The highest BCUT2D eigenvalue weighted by atomic mass is 16.3. The molecule has 5 unspecified atom stereocenters. The molecule has 0 radical (unpaired) electrons. The molecule has 1 aromatic heterocycles. The number of aromatic nitrogens is 1. The van der Waals surface area contributed by atoms with E-state index in [1.807, 2.05) is 18.0 Å². The summed E-state index contributed by atoms with van der Waals surface area (Å²) < 4.78 is 1.47. The van der Waals surface area contributed by atoms with Gasteiger partial charge in [0.2, 0.25) is 0 Å². The summed E-state index contributed by atoms with van der Waals surface area (Å²) in [6.07, 6.45) is 9.08. The number of benzene rings is 1. The maximum Gasteiger partial charge on any atom is 0.270 e. The highest BCUT2D eigenvalue weighted by Crippen LogP contribution is 2.70. The number of rotatable bonds is 6. The highest BCUT2D eigenvalue weighted by molar-refractivity contribution is 5.92. The predicted molar refractivity (Wildman–Crippen MR) is 149 cm³/mol. The zero-order valence-corrected chi connectivity index (χ0v) is 23.4. The Morgan fingerprint density at radius 1 is 1.11 bits per heavy atom. The lowest BCUT2D eigenvalue weighted by Gasteiger charge is -2.64. The fourth-order valence-electron chi connectivity index (χ4n) is 9.16. The van der Waals surface area contributed by atoms with Crippen LogP contribution in [0.4, 0.5) is 0 Å². The molecule has 6 rings (SSSR count). The molecule has 1 aromatic carbocycles. The molecule has 6 nitrogen and oxygen atoms in total. The van der Waals surface area contributed by atoms with Gasteiger partial charge in [-0.15, -0.1) is 0 Å². The average Bonchev–Trinajstić information content (AvgIpc) is 3.71. The van der Waals surface area contributed by atoms with E-state index in [2.05, 4.69) is 30.9 Å². The summed E-state index contributed by atoms with van der Waals surface area (Å²) in [6.45, 7) is 6.99. The predicted octanol–water partition coefficient (Wildman–Crippen LogP) is 4.73. The lowest BCUT2D eigenvalue weighted by Crippen LogP contribution is -2.67. The fourth-order valence-corrected chi connectivity index (χ4v) is 9.16. The summed E-state index contributed by atoms with van der Waals surface area (Å²) in [5.41, 5.74) is 3.02. The first-order valence-corrected chi connectivity index (χ1v) is 14.7. The minimum atomic E-state index is -0.159. The third kappa shape index (κ3) is 3.62. The van der Waals surface area contributed by atoms with E-state index in [4.69, 9.17) is 0 Å². The van der Waals surface area contributed by atoms with Gasteiger partial charge < -0.3 is 14.6 Å². The number of nitrogens with zero attached hydrogens (tertiary/aromatic N) is 3. The van der Waals surface area contributed by atoms with Crippen molar-refractivity contribution < 1.29 is 9.90 Å². The van der Waals surface area contributed by atoms with Gasteiger partial charge in [0, 0.05) is 44.2 Å². The number of aryl methyl sites for hydroxylation is 1. The minimum absolute atomic E-state index is 0.0728. The van der Waals surface area contributed by atoms with Crippen molar-refractivity contribution in [3.05, 3.63) is 63.6 Å². The summed E-state index contributed by atoms with van der Waals surface area (Å²) >= 11 is 0. The van der Waals surface area contributed by atoms with Crippen molar-refractivity contribution >= 4 is 5.91 Å². The summed E-state index contributed by atoms with van der Waals surface area (Å²) in [4.78, 5) is 30.9.